The van der Waals surface area contributed by atoms with Crippen molar-refractivity contribution in [2.24, 2.45) is 5.41 Å². The largest absolute Gasteiger partial charge is 0.386 e. The van der Waals surface area contributed by atoms with Gasteiger partial charge in [0.1, 0.15) is 0 Å². The Bertz CT molecular complexity index is 348. The first-order valence-electron chi connectivity index (χ1n) is 5.64. The molecule has 0 spiro atoms. The monoisotopic (exact) mass is 208 g/mol. The van der Waals surface area contributed by atoms with Gasteiger partial charge >= 0.3 is 11.9 Å². The van der Waals surface area contributed by atoms with Crippen LogP contribution < -0.4 is 0 Å². The van der Waals surface area contributed by atoms with Crippen LogP contribution in [0.15, 0.2) is 11.1 Å². The third-order valence-electron chi connectivity index (χ3n) is 3.90. The molecule has 0 unspecified atom stereocenters. The molecule has 0 aromatic heterocycles. The van der Waals surface area contributed by atoms with Gasteiger partial charge in [0.25, 0.3) is 0 Å². The molecule has 0 aromatic rings. The van der Waals surface area contributed by atoms with Crippen molar-refractivity contribution in [1.82, 2.24) is 0 Å². The zero-order valence-electron chi connectivity index (χ0n) is 9.26. The van der Waals surface area contributed by atoms with E-state index in [1.54, 1.807) is 0 Å². The highest BCUT2D eigenvalue weighted by molar-refractivity contribution is 6.13. The number of carbonyl (C=O) groups is 2. The van der Waals surface area contributed by atoms with Crippen LogP contribution in [0.5, 0.6) is 0 Å². The SMILES string of the molecule is CCC1(CC)CCCC2=C1C(=O)OC2=O. The van der Waals surface area contributed by atoms with Gasteiger partial charge in [0.05, 0.1) is 5.57 Å². The Morgan fingerprint density at radius 1 is 1.20 bits per heavy atom. The summed E-state index contributed by atoms with van der Waals surface area (Å²) in [6, 6.07) is 0. The van der Waals surface area contributed by atoms with Gasteiger partial charge < -0.3 is 4.74 Å². The summed E-state index contributed by atoms with van der Waals surface area (Å²) < 4.78 is 4.72. The van der Waals surface area contributed by atoms with Crippen molar-refractivity contribution >= 4 is 11.9 Å². The molecule has 1 heterocycles. The van der Waals surface area contributed by atoms with Gasteiger partial charge in [-0.15, -0.1) is 0 Å². The van der Waals surface area contributed by atoms with Gasteiger partial charge in [0.2, 0.25) is 0 Å². The number of esters is 2. The first-order chi connectivity index (χ1) is 7.14. The van der Waals surface area contributed by atoms with E-state index in [2.05, 4.69) is 13.8 Å². The van der Waals surface area contributed by atoms with Crippen LogP contribution in [0.3, 0.4) is 0 Å². The molecule has 1 aliphatic heterocycles. The van der Waals surface area contributed by atoms with Crippen molar-refractivity contribution in [3.8, 4) is 0 Å². The van der Waals surface area contributed by atoms with Crippen LogP contribution in [0.2, 0.25) is 0 Å². The van der Waals surface area contributed by atoms with Crippen LogP contribution in [0.4, 0.5) is 0 Å². The van der Waals surface area contributed by atoms with Crippen LogP contribution >= 0.6 is 0 Å². The average Bonchev–Trinajstić information content (AvgIpc) is 2.55. The van der Waals surface area contributed by atoms with Crippen LogP contribution in [-0.2, 0) is 14.3 Å². The van der Waals surface area contributed by atoms with Crippen molar-refractivity contribution in [3.05, 3.63) is 11.1 Å². The minimum absolute atomic E-state index is 0.100. The van der Waals surface area contributed by atoms with E-state index >= 15 is 0 Å². The number of ether oxygens (including phenoxy) is 1. The Labute approximate surface area is 89.5 Å². The van der Waals surface area contributed by atoms with Crippen LogP contribution in [0.25, 0.3) is 0 Å². The lowest BCUT2D eigenvalue weighted by molar-refractivity contribution is -0.151. The zero-order valence-corrected chi connectivity index (χ0v) is 9.26. The minimum Gasteiger partial charge on any atom is -0.386 e. The summed E-state index contributed by atoms with van der Waals surface area (Å²) in [5.74, 6) is -0.792. The molecule has 2 aliphatic rings. The molecule has 2 rings (SSSR count). The van der Waals surface area contributed by atoms with Crippen molar-refractivity contribution in [2.75, 3.05) is 0 Å². The van der Waals surface area contributed by atoms with E-state index in [0.717, 1.165) is 25.7 Å². The maximum absolute atomic E-state index is 11.7. The molecule has 3 heteroatoms. The van der Waals surface area contributed by atoms with E-state index in [4.69, 9.17) is 4.74 Å². The molecule has 0 amide bonds. The lowest BCUT2D eigenvalue weighted by Gasteiger charge is -2.35. The highest BCUT2D eigenvalue weighted by atomic mass is 16.6. The van der Waals surface area contributed by atoms with Gasteiger partial charge in [-0.3, -0.25) is 0 Å². The second-order valence-electron chi connectivity index (χ2n) is 4.37. The second-order valence-corrected chi connectivity index (χ2v) is 4.37. The van der Waals surface area contributed by atoms with E-state index < -0.39 is 11.9 Å². The average molecular weight is 208 g/mol. The van der Waals surface area contributed by atoms with E-state index in [0.29, 0.717) is 17.6 Å². The molecule has 0 saturated heterocycles. The van der Waals surface area contributed by atoms with Gasteiger partial charge in [-0.05, 0) is 32.1 Å². The Morgan fingerprint density at radius 3 is 2.47 bits per heavy atom. The van der Waals surface area contributed by atoms with Crippen molar-refractivity contribution in [1.29, 1.82) is 0 Å². The normalized spacial score (nSPS) is 24.1. The third kappa shape index (κ3) is 1.33. The first-order valence-corrected chi connectivity index (χ1v) is 5.64. The van der Waals surface area contributed by atoms with E-state index in [1.165, 1.54) is 0 Å². The maximum Gasteiger partial charge on any atom is 0.343 e. The molecule has 1 aliphatic carbocycles. The predicted molar refractivity (Wildman–Crippen MR) is 55.0 cm³/mol. The smallest absolute Gasteiger partial charge is 0.343 e. The summed E-state index contributed by atoms with van der Waals surface area (Å²) in [4.78, 5) is 23.1. The van der Waals surface area contributed by atoms with Gasteiger partial charge in [0.15, 0.2) is 0 Å². The van der Waals surface area contributed by atoms with E-state index in [9.17, 15) is 9.59 Å². The Hall–Kier alpha value is -1.12. The number of carbonyl (C=O) groups excluding carboxylic acids is 2. The van der Waals surface area contributed by atoms with E-state index in [1.807, 2.05) is 0 Å². The fraction of sp³-hybridized carbons (Fsp3) is 0.667. The fourth-order valence-corrected chi connectivity index (χ4v) is 2.87. The lowest BCUT2D eigenvalue weighted by Crippen LogP contribution is -2.28. The highest BCUT2D eigenvalue weighted by Crippen LogP contribution is 2.48. The number of rotatable bonds is 2. The molecule has 82 valence electrons. The van der Waals surface area contributed by atoms with Gasteiger partial charge in [-0.25, -0.2) is 9.59 Å². The minimum atomic E-state index is -0.402. The summed E-state index contributed by atoms with van der Waals surface area (Å²) in [6.07, 6.45) is 4.52. The molecule has 0 N–H and O–H groups in total. The van der Waals surface area contributed by atoms with E-state index in [-0.39, 0.29) is 5.41 Å². The number of hydrogen-bond acceptors (Lipinski definition) is 3. The number of cyclic esters (lactones) is 2. The molecular formula is C12H16O3. The maximum atomic E-state index is 11.7. The highest BCUT2D eigenvalue weighted by Gasteiger charge is 2.46. The van der Waals surface area contributed by atoms with Crippen molar-refractivity contribution in [3.63, 3.8) is 0 Å². The molecule has 0 radical (unpaired) electrons. The Balaban J connectivity index is 2.51. The summed E-state index contributed by atoms with van der Waals surface area (Å²) in [5.41, 5.74) is 1.23. The molecule has 0 atom stereocenters. The molecule has 0 bridgehead atoms. The van der Waals surface area contributed by atoms with Gasteiger partial charge in [0, 0.05) is 11.0 Å². The van der Waals surface area contributed by atoms with Crippen molar-refractivity contribution in [2.45, 2.75) is 46.0 Å². The molecule has 3 nitrogen and oxygen atoms in total. The van der Waals surface area contributed by atoms with Gasteiger partial charge in [-0.2, -0.15) is 0 Å². The summed E-state index contributed by atoms with van der Waals surface area (Å²) in [6.45, 7) is 4.16. The summed E-state index contributed by atoms with van der Waals surface area (Å²) in [5, 5.41) is 0. The summed E-state index contributed by atoms with van der Waals surface area (Å²) in [7, 11) is 0. The van der Waals surface area contributed by atoms with Crippen molar-refractivity contribution < 1.29 is 14.3 Å². The Morgan fingerprint density at radius 2 is 1.87 bits per heavy atom. The van der Waals surface area contributed by atoms with Gasteiger partial charge in [-0.1, -0.05) is 13.8 Å². The third-order valence-corrected chi connectivity index (χ3v) is 3.90. The fourth-order valence-electron chi connectivity index (χ4n) is 2.87. The number of hydrogen-bond donors (Lipinski definition) is 0. The lowest BCUT2D eigenvalue weighted by atomic mass is 9.67. The Kier molecular flexibility index (Phi) is 2.41. The quantitative estimate of drug-likeness (QED) is 0.517. The standard InChI is InChI=1S/C12H16O3/c1-3-12(4-2)7-5-6-8-9(12)11(14)15-10(8)13/h3-7H2,1-2H3. The zero-order chi connectivity index (χ0) is 11.1. The molecule has 0 aromatic carbocycles. The molecular weight excluding hydrogens is 192 g/mol. The first kappa shape index (κ1) is 10.4. The molecule has 15 heavy (non-hydrogen) atoms. The predicted octanol–water partition coefficient (Wildman–Crippen LogP) is 2.36. The topological polar surface area (TPSA) is 43.4 Å². The van der Waals surface area contributed by atoms with Crippen LogP contribution in [-0.4, -0.2) is 11.9 Å². The molecule has 0 saturated carbocycles. The van der Waals surface area contributed by atoms with Crippen LogP contribution in [0.1, 0.15) is 46.0 Å². The second kappa shape index (κ2) is 3.47. The molecule has 0 fully saturated rings. The summed E-state index contributed by atoms with van der Waals surface area (Å²) >= 11 is 0. The van der Waals surface area contributed by atoms with Crippen LogP contribution in [0, 0.1) is 5.41 Å².